The van der Waals surface area contributed by atoms with Gasteiger partial charge in [-0.25, -0.2) is 9.59 Å². The number of benzene rings is 3. The summed E-state index contributed by atoms with van der Waals surface area (Å²) < 4.78 is 12.0. The Morgan fingerprint density at radius 1 is 1.00 bits per heavy atom. The predicted molar refractivity (Wildman–Crippen MR) is 139 cm³/mol. The lowest BCUT2D eigenvalue weighted by atomic mass is 10.1. The molecule has 0 saturated carbocycles. The molecule has 0 aliphatic carbocycles. The largest absolute Gasteiger partial charge is 0.478 e. The van der Waals surface area contributed by atoms with Gasteiger partial charge in [-0.2, -0.15) is 0 Å². The maximum absolute atomic E-state index is 12.6. The monoisotopic (exact) mass is 498 g/mol. The van der Waals surface area contributed by atoms with Crippen molar-refractivity contribution < 1.29 is 24.0 Å². The van der Waals surface area contributed by atoms with Gasteiger partial charge in [0.15, 0.2) is 5.76 Å². The molecular weight excluding hydrogens is 476 g/mol. The van der Waals surface area contributed by atoms with Gasteiger partial charge in [0.1, 0.15) is 17.5 Å². The molecule has 7 nitrogen and oxygen atoms in total. The highest BCUT2D eigenvalue weighted by Crippen LogP contribution is 2.37. The van der Waals surface area contributed by atoms with Crippen molar-refractivity contribution >= 4 is 39.2 Å². The molecule has 0 saturated heterocycles. The molecule has 2 heterocycles. The highest BCUT2D eigenvalue weighted by molar-refractivity contribution is 7.22. The van der Waals surface area contributed by atoms with E-state index in [9.17, 15) is 14.7 Å². The molecule has 1 amide bonds. The lowest BCUT2D eigenvalue weighted by molar-refractivity contribution is 0.0697. The smallest absolute Gasteiger partial charge is 0.412 e. The zero-order valence-electron chi connectivity index (χ0n) is 19.5. The third-order valence-electron chi connectivity index (χ3n) is 5.84. The number of aromatic carboxylic acids is 1. The summed E-state index contributed by atoms with van der Waals surface area (Å²) in [4.78, 5) is 24.9. The SMILES string of the molecule is Cc1noc(-c2ccc(-c3cc4ccc(C(=O)O)cc4s3)cc2)c1NC(=O)O[C@H](C)c1ccccc1. The molecule has 2 N–H and O–H groups in total. The number of fused-ring (bicyclic) bond motifs is 1. The number of rotatable bonds is 6. The number of amides is 1. The van der Waals surface area contributed by atoms with Gasteiger partial charge < -0.3 is 14.4 Å². The standard InChI is InChI=1S/C28H22N2O5S/c1-16-25(29-28(33)34-17(2)18-6-4-3-5-7-18)26(35-30-16)20-10-8-19(9-11-20)23-14-21-12-13-22(27(31)32)15-24(21)36-23/h3-15,17H,1-2H3,(H,29,33)(H,31,32)/t17-/m1/s1. The summed E-state index contributed by atoms with van der Waals surface area (Å²) in [6.07, 6.45) is -1.01. The molecule has 2 aromatic heterocycles. The van der Waals surface area contributed by atoms with Gasteiger partial charge in [0.25, 0.3) is 0 Å². The molecular formula is C28H22N2O5S. The number of aromatic nitrogens is 1. The highest BCUT2D eigenvalue weighted by atomic mass is 32.1. The summed E-state index contributed by atoms with van der Waals surface area (Å²) >= 11 is 1.53. The number of carbonyl (C=O) groups excluding carboxylic acids is 1. The van der Waals surface area contributed by atoms with Crippen molar-refractivity contribution in [1.29, 1.82) is 0 Å². The van der Waals surface area contributed by atoms with E-state index < -0.39 is 18.2 Å². The fraction of sp³-hybridized carbons (Fsp3) is 0.107. The Hall–Kier alpha value is -4.43. The minimum atomic E-state index is -0.943. The molecule has 0 fully saturated rings. The van der Waals surface area contributed by atoms with E-state index in [2.05, 4.69) is 10.5 Å². The van der Waals surface area contributed by atoms with Crippen LogP contribution in [0.3, 0.4) is 0 Å². The molecule has 180 valence electrons. The number of carbonyl (C=O) groups is 2. The average molecular weight is 499 g/mol. The number of anilines is 1. The van der Waals surface area contributed by atoms with Crippen LogP contribution in [0, 0.1) is 6.92 Å². The Morgan fingerprint density at radius 2 is 1.72 bits per heavy atom. The Kier molecular flexibility index (Phi) is 6.26. The van der Waals surface area contributed by atoms with Gasteiger partial charge in [-0.05, 0) is 48.6 Å². The van der Waals surface area contributed by atoms with Gasteiger partial charge >= 0.3 is 12.1 Å². The summed E-state index contributed by atoms with van der Waals surface area (Å²) in [5, 5.41) is 17.0. The second-order valence-corrected chi connectivity index (χ2v) is 9.38. The van der Waals surface area contributed by atoms with Crippen LogP contribution in [0.5, 0.6) is 0 Å². The van der Waals surface area contributed by atoms with E-state index in [1.165, 1.54) is 11.3 Å². The van der Waals surface area contributed by atoms with Crippen LogP contribution in [-0.4, -0.2) is 22.3 Å². The fourth-order valence-electron chi connectivity index (χ4n) is 3.89. The van der Waals surface area contributed by atoms with Crippen molar-refractivity contribution in [2.75, 3.05) is 5.32 Å². The Bertz CT molecular complexity index is 1550. The molecule has 0 bridgehead atoms. The quantitative estimate of drug-likeness (QED) is 0.251. The normalized spacial score (nSPS) is 11.8. The number of nitrogens with zero attached hydrogens (tertiary/aromatic N) is 1. The van der Waals surface area contributed by atoms with E-state index in [1.807, 2.05) is 73.7 Å². The molecule has 0 aliphatic rings. The van der Waals surface area contributed by atoms with E-state index in [0.29, 0.717) is 17.1 Å². The van der Waals surface area contributed by atoms with Gasteiger partial charge in [-0.15, -0.1) is 11.3 Å². The maximum atomic E-state index is 12.6. The summed E-state index contributed by atoms with van der Waals surface area (Å²) in [5.74, 6) is -0.507. The van der Waals surface area contributed by atoms with Crippen molar-refractivity contribution in [3.8, 4) is 21.8 Å². The summed E-state index contributed by atoms with van der Waals surface area (Å²) in [6, 6.07) is 24.3. The van der Waals surface area contributed by atoms with Crippen LogP contribution in [0.4, 0.5) is 10.5 Å². The number of ether oxygens (including phenoxy) is 1. The first kappa shape index (κ1) is 23.3. The van der Waals surface area contributed by atoms with Crippen LogP contribution in [0.1, 0.15) is 34.6 Å². The number of nitrogens with one attached hydrogen (secondary N) is 1. The zero-order valence-corrected chi connectivity index (χ0v) is 20.3. The van der Waals surface area contributed by atoms with E-state index in [4.69, 9.17) is 9.26 Å². The van der Waals surface area contributed by atoms with Gasteiger partial charge in [0, 0.05) is 15.1 Å². The lowest BCUT2D eigenvalue weighted by Crippen LogP contribution is -2.16. The van der Waals surface area contributed by atoms with Crippen LogP contribution in [-0.2, 0) is 4.74 Å². The molecule has 8 heteroatoms. The van der Waals surface area contributed by atoms with E-state index >= 15 is 0 Å². The minimum absolute atomic E-state index is 0.267. The summed E-state index contributed by atoms with van der Waals surface area (Å²) in [6.45, 7) is 3.56. The first-order valence-electron chi connectivity index (χ1n) is 11.3. The molecule has 5 rings (SSSR count). The average Bonchev–Trinajstić information content (AvgIpc) is 3.47. The van der Waals surface area contributed by atoms with Crippen LogP contribution in [0.15, 0.2) is 83.4 Å². The second kappa shape index (κ2) is 9.67. The van der Waals surface area contributed by atoms with Gasteiger partial charge in [-0.1, -0.05) is 65.8 Å². The molecule has 36 heavy (non-hydrogen) atoms. The third kappa shape index (κ3) is 4.71. The van der Waals surface area contributed by atoms with Crippen LogP contribution < -0.4 is 5.32 Å². The number of hydrogen-bond donors (Lipinski definition) is 2. The second-order valence-electron chi connectivity index (χ2n) is 8.30. The highest BCUT2D eigenvalue weighted by Gasteiger charge is 2.20. The summed E-state index contributed by atoms with van der Waals surface area (Å²) in [7, 11) is 0. The molecule has 0 unspecified atom stereocenters. The molecule has 0 radical (unpaired) electrons. The first-order valence-corrected chi connectivity index (χ1v) is 12.1. The molecule has 5 aromatic rings. The van der Waals surface area contributed by atoms with Crippen LogP contribution in [0.2, 0.25) is 0 Å². The van der Waals surface area contributed by atoms with E-state index in [-0.39, 0.29) is 5.56 Å². The van der Waals surface area contributed by atoms with Gasteiger partial charge in [-0.3, -0.25) is 5.32 Å². The number of thiophene rings is 1. The molecule has 0 spiro atoms. The van der Waals surface area contributed by atoms with E-state index in [1.54, 1.807) is 19.1 Å². The maximum Gasteiger partial charge on any atom is 0.412 e. The topological polar surface area (TPSA) is 102 Å². The lowest BCUT2D eigenvalue weighted by Gasteiger charge is -2.14. The third-order valence-corrected chi connectivity index (χ3v) is 6.99. The number of carboxylic acid groups (broad SMARTS) is 1. The first-order chi connectivity index (χ1) is 17.4. The number of aryl methyl sites for hydroxylation is 1. The Morgan fingerprint density at radius 3 is 2.44 bits per heavy atom. The molecule has 3 aromatic carbocycles. The van der Waals surface area contributed by atoms with Crippen molar-refractivity contribution in [1.82, 2.24) is 5.16 Å². The number of carboxylic acids is 1. The van der Waals surface area contributed by atoms with E-state index in [0.717, 1.165) is 31.7 Å². The van der Waals surface area contributed by atoms with Gasteiger partial charge in [0.05, 0.1) is 5.56 Å². The van der Waals surface area contributed by atoms with Gasteiger partial charge in [0.2, 0.25) is 0 Å². The number of hydrogen-bond acceptors (Lipinski definition) is 6. The predicted octanol–water partition coefficient (Wildman–Crippen LogP) is 7.54. The summed E-state index contributed by atoms with van der Waals surface area (Å²) in [5.41, 5.74) is 3.89. The van der Waals surface area contributed by atoms with Crippen molar-refractivity contribution in [3.63, 3.8) is 0 Å². The van der Waals surface area contributed by atoms with Crippen molar-refractivity contribution in [2.45, 2.75) is 20.0 Å². The van der Waals surface area contributed by atoms with Crippen LogP contribution >= 0.6 is 11.3 Å². The van der Waals surface area contributed by atoms with Crippen molar-refractivity contribution in [2.24, 2.45) is 0 Å². The van der Waals surface area contributed by atoms with Crippen LogP contribution in [0.25, 0.3) is 31.9 Å². The van der Waals surface area contributed by atoms with Crippen molar-refractivity contribution in [3.05, 3.63) is 95.7 Å². The Labute approximate surface area is 210 Å². The molecule has 0 aliphatic heterocycles. The minimum Gasteiger partial charge on any atom is -0.478 e. The zero-order chi connectivity index (χ0) is 25.2. The Balaban J connectivity index is 1.35. The fourth-order valence-corrected chi connectivity index (χ4v) is 5.00. The molecule has 1 atom stereocenters.